The van der Waals surface area contributed by atoms with Crippen LogP contribution in [0.5, 0.6) is 0 Å². The van der Waals surface area contributed by atoms with Crippen LogP contribution >= 0.6 is 17.2 Å². The summed E-state index contributed by atoms with van der Waals surface area (Å²) in [6.07, 6.45) is 2.73. The molecule has 1 saturated heterocycles. The molecule has 1 rings (SSSR count). The monoisotopic (exact) mass is 194 g/mol. The Morgan fingerprint density at radius 3 is 2.50 bits per heavy atom. The second-order valence-electron chi connectivity index (χ2n) is 2.15. The molecule has 3 nitrogen and oxygen atoms in total. The molecule has 10 heavy (non-hydrogen) atoms. The zero-order chi connectivity index (χ0) is 6.91. The standard InChI is InChI=1S/C4H11O3PS.Na.H/c1-9(8(5)6)4-2-3-7-9;;/h8H,2-4H2,1H3,(H,5,6);;. The Morgan fingerprint density at radius 2 is 2.30 bits per heavy atom. The van der Waals surface area contributed by atoms with Gasteiger partial charge in [-0.3, -0.25) is 4.57 Å². The van der Waals surface area contributed by atoms with Gasteiger partial charge in [0.2, 0.25) is 7.23 Å². The van der Waals surface area contributed by atoms with Gasteiger partial charge in [0.15, 0.2) is 0 Å². The third-order valence-corrected chi connectivity index (χ3v) is 7.07. The maximum absolute atomic E-state index is 10.6. The molecule has 6 heteroatoms. The predicted molar refractivity (Wildman–Crippen MR) is 47.3 cm³/mol. The molecule has 2 unspecified atom stereocenters. The van der Waals surface area contributed by atoms with Crippen LogP contribution in [0.1, 0.15) is 6.42 Å². The topological polar surface area (TPSA) is 46.5 Å². The van der Waals surface area contributed by atoms with Crippen molar-refractivity contribution < 1.29 is 13.6 Å². The molecule has 1 aliphatic rings. The molecule has 0 aliphatic carbocycles. The van der Waals surface area contributed by atoms with E-state index < -0.39 is 17.2 Å². The van der Waals surface area contributed by atoms with Gasteiger partial charge in [0.25, 0.3) is 0 Å². The molecule has 0 spiro atoms. The summed E-state index contributed by atoms with van der Waals surface area (Å²) in [5, 5.41) is 0. The molecule has 0 aromatic heterocycles. The molecule has 0 amide bonds. The van der Waals surface area contributed by atoms with E-state index in [1.807, 2.05) is 0 Å². The van der Waals surface area contributed by atoms with E-state index in [4.69, 9.17) is 9.08 Å². The Morgan fingerprint density at radius 1 is 1.70 bits per heavy atom. The Kier molecular flexibility index (Phi) is 5.18. The molecular weight excluding hydrogens is 182 g/mol. The first-order valence-corrected chi connectivity index (χ1v) is 7.00. The first-order valence-electron chi connectivity index (χ1n) is 2.78. The van der Waals surface area contributed by atoms with Gasteiger partial charge in [0.1, 0.15) is 0 Å². The number of hydrogen-bond acceptors (Lipinski definition) is 2. The van der Waals surface area contributed by atoms with Crippen LogP contribution in [0.4, 0.5) is 0 Å². The van der Waals surface area contributed by atoms with Crippen molar-refractivity contribution in [3.05, 3.63) is 0 Å². The molecule has 1 N–H and O–H groups in total. The SMILES string of the molecule is CS1([PH](=O)O)CCCO1.[NaH]. The van der Waals surface area contributed by atoms with Crippen molar-refractivity contribution in [3.8, 4) is 0 Å². The van der Waals surface area contributed by atoms with Gasteiger partial charge < -0.3 is 9.08 Å². The van der Waals surface area contributed by atoms with Crippen molar-refractivity contribution in [3.63, 3.8) is 0 Å². The van der Waals surface area contributed by atoms with Gasteiger partial charge in [-0.05, 0) is 12.7 Å². The number of hydrogen-bond donors (Lipinski definition) is 1. The first-order chi connectivity index (χ1) is 4.15. The molecule has 58 valence electrons. The minimum atomic E-state index is -2.40. The molecule has 2 atom stereocenters. The van der Waals surface area contributed by atoms with Crippen molar-refractivity contribution in [2.75, 3.05) is 18.6 Å². The van der Waals surface area contributed by atoms with Crippen LogP contribution in [-0.2, 0) is 8.75 Å². The summed E-state index contributed by atoms with van der Waals surface area (Å²) in [7, 11) is -3.92. The fourth-order valence-corrected chi connectivity index (χ4v) is 3.83. The number of rotatable bonds is 1. The van der Waals surface area contributed by atoms with E-state index in [1.54, 1.807) is 6.26 Å². The van der Waals surface area contributed by atoms with Gasteiger partial charge in [0.05, 0.1) is 6.61 Å². The average Bonchev–Trinajstić information content (AvgIpc) is 2.16. The summed E-state index contributed by atoms with van der Waals surface area (Å²) in [6, 6.07) is 0. The molecule has 1 heterocycles. The van der Waals surface area contributed by atoms with Crippen LogP contribution in [0.2, 0.25) is 0 Å². The molecule has 0 aromatic rings. The summed E-state index contributed by atoms with van der Waals surface area (Å²) in [6.45, 7) is 0.669. The molecule has 0 aromatic carbocycles. The summed E-state index contributed by atoms with van der Waals surface area (Å²) in [5.74, 6) is 0.807. The second-order valence-corrected chi connectivity index (χ2v) is 8.97. The van der Waals surface area contributed by atoms with E-state index in [0.717, 1.165) is 12.2 Å². The van der Waals surface area contributed by atoms with Gasteiger partial charge in [0, 0.05) is 5.75 Å². The fraction of sp³-hybridized carbons (Fsp3) is 1.00. The van der Waals surface area contributed by atoms with Crippen molar-refractivity contribution in [1.29, 1.82) is 0 Å². The fourth-order valence-electron chi connectivity index (χ4n) is 0.774. The van der Waals surface area contributed by atoms with Crippen LogP contribution in [0, 0.1) is 0 Å². The van der Waals surface area contributed by atoms with E-state index in [1.165, 1.54) is 0 Å². The molecule has 0 radical (unpaired) electrons. The van der Waals surface area contributed by atoms with Crippen LogP contribution < -0.4 is 0 Å². The van der Waals surface area contributed by atoms with E-state index in [0.29, 0.717) is 6.61 Å². The minimum absolute atomic E-state index is 0. The molecule has 1 fully saturated rings. The van der Waals surface area contributed by atoms with Gasteiger partial charge in [-0.1, -0.05) is 9.93 Å². The molecule has 0 saturated carbocycles. The Labute approximate surface area is 85.0 Å². The van der Waals surface area contributed by atoms with Gasteiger partial charge >= 0.3 is 29.6 Å². The van der Waals surface area contributed by atoms with Crippen molar-refractivity contribution in [2.45, 2.75) is 6.42 Å². The normalized spacial score (nSPS) is 41.4. The van der Waals surface area contributed by atoms with Crippen LogP contribution in [0.25, 0.3) is 0 Å². The van der Waals surface area contributed by atoms with Crippen LogP contribution in [-0.4, -0.2) is 53.1 Å². The molecule has 1 aliphatic heterocycles. The third-order valence-electron chi connectivity index (χ3n) is 1.39. The molecule has 0 bridgehead atoms. The summed E-state index contributed by atoms with van der Waals surface area (Å²) >= 11 is 0. The van der Waals surface area contributed by atoms with Gasteiger partial charge in [-0.25, -0.2) is 0 Å². The average molecular weight is 194 g/mol. The first kappa shape index (κ1) is 11.5. The van der Waals surface area contributed by atoms with Gasteiger partial charge in [-0.15, -0.1) is 0 Å². The maximum atomic E-state index is 10.6. The van der Waals surface area contributed by atoms with E-state index in [9.17, 15) is 4.57 Å². The quantitative estimate of drug-likeness (QED) is 0.488. The van der Waals surface area contributed by atoms with E-state index in [-0.39, 0.29) is 29.6 Å². The Balaban J connectivity index is 0.000000810. The molecular formula is C4H12NaO3PS. The summed E-state index contributed by atoms with van der Waals surface area (Å²) in [4.78, 5) is 8.77. The van der Waals surface area contributed by atoms with Crippen LogP contribution in [0.3, 0.4) is 0 Å². The zero-order valence-electron chi connectivity index (χ0n) is 5.29. The van der Waals surface area contributed by atoms with Crippen molar-refractivity contribution in [2.24, 2.45) is 0 Å². The predicted octanol–water partition coefficient (Wildman–Crippen LogP) is 0.490. The second kappa shape index (κ2) is 4.51. The van der Waals surface area contributed by atoms with Crippen molar-refractivity contribution >= 4 is 46.7 Å². The van der Waals surface area contributed by atoms with E-state index >= 15 is 0 Å². The Hall–Kier alpha value is 1.50. The van der Waals surface area contributed by atoms with Crippen molar-refractivity contribution in [1.82, 2.24) is 0 Å². The Bertz CT molecular complexity index is 136. The summed E-state index contributed by atoms with van der Waals surface area (Å²) in [5.41, 5.74) is 0. The van der Waals surface area contributed by atoms with Gasteiger partial charge in [-0.2, -0.15) is 0 Å². The zero-order valence-corrected chi connectivity index (χ0v) is 7.11. The van der Waals surface area contributed by atoms with E-state index in [2.05, 4.69) is 0 Å². The third kappa shape index (κ3) is 2.52. The van der Waals surface area contributed by atoms with Crippen LogP contribution in [0.15, 0.2) is 0 Å². The summed E-state index contributed by atoms with van der Waals surface area (Å²) < 4.78 is 15.8.